The standard InChI is InChI=1S/C13H20ClNS/c1-9-3-4-11(7-9)8-15-10(2)12-5-6-13(14)16-12/h5-6,9-11,15H,3-4,7-8H2,1-2H3. The van der Waals surface area contributed by atoms with Crippen molar-refractivity contribution in [3.63, 3.8) is 0 Å². The van der Waals surface area contributed by atoms with Gasteiger partial charge in [0.25, 0.3) is 0 Å². The van der Waals surface area contributed by atoms with Crippen LogP contribution in [0, 0.1) is 11.8 Å². The Morgan fingerprint density at radius 1 is 1.50 bits per heavy atom. The average Bonchev–Trinajstić information content (AvgIpc) is 2.84. The fourth-order valence-corrected chi connectivity index (χ4v) is 3.60. The maximum Gasteiger partial charge on any atom is 0.0931 e. The number of hydrogen-bond donors (Lipinski definition) is 1. The summed E-state index contributed by atoms with van der Waals surface area (Å²) in [6.45, 7) is 5.74. The minimum atomic E-state index is 0.438. The van der Waals surface area contributed by atoms with E-state index in [2.05, 4.69) is 25.2 Å². The fourth-order valence-electron chi connectivity index (χ4n) is 2.52. The molecule has 2 rings (SSSR count). The average molecular weight is 258 g/mol. The van der Waals surface area contributed by atoms with Crippen molar-refractivity contribution < 1.29 is 0 Å². The van der Waals surface area contributed by atoms with E-state index >= 15 is 0 Å². The zero-order valence-electron chi connectivity index (χ0n) is 10.0. The van der Waals surface area contributed by atoms with Crippen LogP contribution in [0.5, 0.6) is 0 Å². The highest BCUT2D eigenvalue weighted by Crippen LogP contribution is 2.31. The van der Waals surface area contributed by atoms with Gasteiger partial charge in [-0.3, -0.25) is 0 Å². The van der Waals surface area contributed by atoms with Crippen molar-refractivity contribution in [1.29, 1.82) is 0 Å². The molecular weight excluding hydrogens is 238 g/mol. The van der Waals surface area contributed by atoms with E-state index in [0.717, 1.165) is 22.7 Å². The summed E-state index contributed by atoms with van der Waals surface area (Å²) in [5, 5.41) is 3.63. The molecule has 0 amide bonds. The molecule has 16 heavy (non-hydrogen) atoms. The number of nitrogens with one attached hydrogen (secondary N) is 1. The van der Waals surface area contributed by atoms with Gasteiger partial charge in [0, 0.05) is 10.9 Å². The van der Waals surface area contributed by atoms with Crippen LogP contribution in [0.3, 0.4) is 0 Å². The fraction of sp³-hybridized carbons (Fsp3) is 0.692. The first kappa shape index (κ1) is 12.4. The predicted octanol–water partition coefficient (Wildman–Crippen LogP) is 4.49. The van der Waals surface area contributed by atoms with Gasteiger partial charge in [-0.05, 0) is 50.3 Å². The van der Waals surface area contributed by atoms with Crippen molar-refractivity contribution in [2.45, 2.75) is 39.2 Å². The molecule has 1 aliphatic carbocycles. The molecule has 1 N–H and O–H groups in total. The highest BCUT2D eigenvalue weighted by Gasteiger charge is 2.21. The van der Waals surface area contributed by atoms with Crippen LogP contribution in [-0.2, 0) is 0 Å². The van der Waals surface area contributed by atoms with E-state index < -0.39 is 0 Å². The highest BCUT2D eigenvalue weighted by molar-refractivity contribution is 7.16. The Bertz CT molecular complexity index is 336. The molecule has 0 radical (unpaired) electrons. The summed E-state index contributed by atoms with van der Waals surface area (Å²) < 4.78 is 0.887. The number of halogens is 1. The van der Waals surface area contributed by atoms with Crippen LogP contribution in [0.4, 0.5) is 0 Å². The summed E-state index contributed by atoms with van der Waals surface area (Å²) in [4.78, 5) is 1.34. The molecule has 0 saturated heterocycles. The van der Waals surface area contributed by atoms with Gasteiger partial charge in [0.15, 0.2) is 0 Å². The van der Waals surface area contributed by atoms with Crippen LogP contribution < -0.4 is 5.32 Å². The monoisotopic (exact) mass is 257 g/mol. The van der Waals surface area contributed by atoms with Crippen LogP contribution in [-0.4, -0.2) is 6.54 Å². The maximum atomic E-state index is 5.94. The lowest BCUT2D eigenvalue weighted by Crippen LogP contribution is -2.24. The summed E-state index contributed by atoms with van der Waals surface area (Å²) in [5.74, 6) is 1.81. The molecule has 3 heteroatoms. The number of thiophene rings is 1. The van der Waals surface area contributed by atoms with E-state index in [1.165, 1.54) is 24.1 Å². The Morgan fingerprint density at radius 3 is 2.88 bits per heavy atom. The van der Waals surface area contributed by atoms with Gasteiger partial charge in [-0.2, -0.15) is 0 Å². The van der Waals surface area contributed by atoms with Gasteiger partial charge < -0.3 is 5.32 Å². The first-order chi connectivity index (χ1) is 7.65. The van der Waals surface area contributed by atoms with E-state index in [0.29, 0.717) is 6.04 Å². The van der Waals surface area contributed by atoms with E-state index in [4.69, 9.17) is 11.6 Å². The van der Waals surface area contributed by atoms with Crippen LogP contribution >= 0.6 is 22.9 Å². The van der Waals surface area contributed by atoms with Gasteiger partial charge in [-0.25, -0.2) is 0 Å². The molecule has 0 spiro atoms. The SMILES string of the molecule is CC1CCC(CNC(C)c2ccc(Cl)s2)C1. The Kier molecular flexibility index (Phi) is 4.28. The van der Waals surface area contributed by atoms with Crippen LogP contribution in [0.2, 0.25) is 4.34 Å². The molecule has 0 bridgehead atoms. The van der Waals surface area contributed by atoms with Crippen molar-refractivity contribution in [3.05, 3.63) is 21.3 Å². The third-order valence-corrected chi connectivity index (χ3v) is 4.95. The second-order valence-electron chi connectivity index (χ2n) is 5.06. The molecule has 1 aliphatic rings. The third kappa shape index (κ3) is 3.22. The summed E-state index contributed by atoms with van der Waals surface area (Å²) in [6, 6.07) is 4.55. The molecule has 1 aromatic heterocycles. The van der Waals surface area contributed by atoms with E-state index in [-0.39, 0.29) is 0 Å². The zero-order valence-corrected chi connectivity index (χ0v) is 11.6. The Balaban J connectivity index is 1.77. The first-order valence-electron chi connectivity index (χ1n) is 6.13. The zero-order chi connectivity index (χ0) is 11.5. The van der Waals surface area contributed by atoms with Crippen molar-refractivity contribution in [1.82, 2.24) is 5.32 Å². The molecule has 1 heterocycles. The largest absolute Gasteiger partial charge is 0.309 e. The normalized spacial score (nSPS) is 27.2. The lowest BCUT2D eigenvalue weighted by atomic mass is 10.1. The first-order valence-corrected chi connectivity index (χ1v) is 7.33. The topological polar surface area (TPSA) is 12.0 Å². The van der Waals surface area contributed by atoms with Gasteiger partial charge in [0.05, 0.1) is 4.34 Å². The van der Waals surface area contributed by atoms with Gasteiger partial charge in [0.2, 0.25) is 0 Å². The van der Waals surface area contributed by atoms with Gasteiger partial charge in [-0.15, -0.1) is 11.3 Å². The van der Waals surface area contributed by atoms with Gasteiger partial charge >= 0.3 is 0 Å². The van der Waals surface area contributed by atoms with E-state index in [1.54, 1.807) is 11.3 Å². The summed E-state index contributed by atoms with van der Waals surface area (Å²) >= 11 is 7.62. The second-order valence-corrected chi connectivity index (χ2v) is 6.80. The molecule has 0 aliphatic heterocycles. The maximum absolute atomic E-state index is 5.94. The van der Waals surface area contributed by atoms with Crippen LogP contribution in [0.15, 0.2) is 12.1 Å². The van der Waals surface area contributed by atoms with Crippen molar-refractivity contribution in [2.75, 3.05) is 6.54 Å². The molecule has 1 saturated carbocycles. The van der Waals surface area contributed by atoms with Crippen molar-refractivity contribution >= 4 is 22.9 Å². The molecule has 1 aromatic rings. The van der Waals surface area contributed by atoms with Gasteiger partial charge in [-0.1, -0.05) is 24.9 Å². The summed E-state index contributed by atoms with van der Waals surface area (Å²) in [6.07, 6.45) is 4.20. The Hall–Kier alpha value is -0.0500. The highest BCUT2D eigenvalue weighted by atomic mass is 35.5. The molecule has 3 unspecified atom stereocenters. The lowest BCUT2D eigenvalue weighted by Gasteiger charge is -2.16. The quantitative estimate of drug-likeness (QED) is 0.838. The Morgan fingerprint density at radius 2 is 2.31 bits per heavy atom. The van der Waals surface area contributed by atoms with E-state index in [9.17, 15) is 0 Å². The number of rotatable bonds is 4. The predicted molar refractivity (Wildman–Crippen MR) is 72.3 cm³/mol. The van der Waals surface area contributed by atoms with Crippen molar-refractivity contribution in [2.24, 2.45) is 11.8 Å². The van der Waals surface area contributed by atoms with E-state index in [1.807, 2.05) is 6.07 Å². The summed E-state index contributed by atoms with van der Waals surface area (Å²) in [5.41, 5.74) is 0. The summed E-state index contributed by atoms with van der Waals surface area (Å²) in [7, 11) is 0. The minimum absolute atomic E-state index is 0.438. The molecule has 90 valence electrons. The third-order valence-electron chi connectivity index (χ3n) is 3.54. The molecule has 0 aromatic carbocycles. The Labute approximate surface area is 107 Å². The van der Waals surface area contributed by atoms with Gasteiger partial charge in [0.1, 0.15) is 0 Å². The van der Waals surface area contributed by atoms with Crippen molar-refractivity contribution in [3.8, 4) is 0 Å². The molecule has 1 nitrogen and oxygen atoms in total. The smallest absolute Gasteiger partial charge is 0.0931 e. The second kappa shape index (κ2) is 5.52. The molecular formula is C13H20ClNS. The molecule has 3 atom stereocenters. The molecule has 1 fully saturated rings. The number of hydrogen-bond acceptors (Lipinski definition) is 2. The lowest BCUT2D eigenvalue weighted by molar-refractivity contribution is 0.442. The van der Waals surface area contributed by atoms with Crippen LogP contribution in [0.25, 0.3) is 0 Å². The minimum Gasteiger partial charge on any atom is -0.309 e. The van der Waals surface area contributed by atoms with Crippen LogP contribution in [0.1, 0.15) is 44.0 Å².